The summed E-state index contributed by atoms with van der Waals surface area (Å²) < 4.78 is 0. The van der Waals surface area contributed by atoms with E-state index in [4.69, 9.17) is 0 Å². The van der Waals surface area contributed by atoms with Crippen LogP contribution in [0.1, 0.15) is 136 Å². The molecular formula is C62H84O6. The average molecular weight is 925 g/mol. The van der Waals surface area contributed by atoms with Gasteiger partial charge in [0, 0.05) is 24.0 Å². The number of ketones is 2. The SMILES string of the molecule is CC(=O)/C(C)=C/C=C/C(C)=C/C=C/C=C(C)/C=C/C=C(\C)C=C=C1C(C)(C)CC(O)CC1(C)O.CC(=O)/C(C)=C/C=C/C(C)=C/C=C/C=C(C)/C=C/C=C(\C)C=C=C1C(C)(C)CC(O)CC1(C)O. The molecule has 0 saturated heterocycles. The summed E-state index contributed by atoms with van der Waals surface area (Å²) in [7, 11) is 0. The van der Waals surface area contributed by atoms with Crippen molar-refractivity contribution in [3.05, 3.63) is 201 Å². The van der Waals surface area contributed by atoms with E-state index in [-0.39, 0.29) is 22.4 Å². The van der Waals surface area contributed by atoms with Gasteiger partial charge in [0.15, 0.2) is 11.6 Å². The lowest BCUT2D eigenvalue weighted by Gasteiger charge is -2.43. The van der Waals surface area contributed by atoms with Crippen LogP contribution in [0, 0.1) is 10.8 Å². The highest BCUT2D eigenvalue weighted by molar-refractivity contribution is 5.93. The highest BCUT2D eigenvalue weighted by Gasteiger charge is 2.45. The molecule has 0 bridgehead atoms. The van der Waals surface area contributed by atoms with Crippen molar-refractivity contribution in [3.8, 4) is 0 Å². The average Bonchev–Trinajstić information content (AvgIpc) is 3.19. The van der Waals surface area contributed by atoms with Gasteiger partial charge in [-0.3, -0.25) is 9.59 Å². The summed E-state index contributed by atoms with van der Waals surface area (Å²) in [6.07, 6.45) is 44.3. The number of carbonyl (C=O) groups is 2. The Hall–Kier alpha value is -5.42. The molecule has 0 aromatic heterocycles. The van der Waals surface area contributed by atoms with Gasteiger partial charge in [-0.05, 0) is 141 Å². The molecule has 4 atom stereocenters. The predicted octanol–water partition coefficient (Wildman–Crippen LogP) is 14.1. The van der Waals surface area contributed by atoms with Crippen molar-refractivity contribution in [2.75, 3.05) is 0 Å². The van der Waals surface area contributed by atoms with Gasteiger partial charge in [0.1, 0.15) is 0 Å². The lowest BCUT2D eigenvalue weighted by atomic mass is 9.65. The molecule has 2 fully saturated rings. The van der Waals surface area contributed by atoms with Crippen LogP contribution in [0.25, 0.3) is 0 Å². The van der Waals surface area contributed by atoms with Gasteiger partial charge in [0.2, 0.25) is 0 Å². The first kappa shape index (κ1) is 60.6. The van der Waals surface area contributed by atoms with Crippen molar-refractivity contribution in [2.45, 2.75) is 160 Å². The number of hydrogen-bond acceptors (Lipinski definition) is 6. The molecule has 0 heterocycles. The van der Waals surface area contributed by atoms with Crippen LogP contribution < -0.4 is 0 Å². The third-order valence-electron chi connectivity index (χ3n) is 11.7. The fourth-order valence-corrected chi connectivity index (χ4v) is 7.95. The molecule has 2 aliphatic rings. The number of aliphatic hydroxyl groups excluding tert-OH is 2. The first-order valence-electron chi connectivity index (χ1n) is 23.7. The molecule has 2 rings (SSSR count). The van der Waals surface area contributed by atoms with Gasteiger partial charge < -0.3 is 20.4 Å². The largest absolute Gasteiger partial charge is 0.393 e. The van der Waals surface area contributed by atoms with Gasteiger partial charge >= 0.3 is 0 Å². The van der Waals surface area contributed by atoms with E-state index in [0.29, 0.717) is 25.7 Å². The van der Waals surface area contributed by atoms with E-state index in [2.05, 4.69) is 11.5 Å². The molecule has 0 spiro atoms. The van der Waals surface area contributed by atoms with Crippen molar-refractivity contribution in [2.24, 2.45) is 10.8 Å². The Kier molecular flexibility index (Phi) is 25.7. The maximum absolute atomic E-state index is 11.2. The molecule has 2 saturated carbocycles. The zero-order valence-electron chi connectivity index (χ0n) is 44.3. The number of aliphatic hydroxyl groups is 4. The molecule has 0 amide bonds. The van der Waals surface area contributed by atoms with Crippen molar-refractivity contribution in [1.29, 1.82) is 0 Å². The van der Waals surface area contributed by atoms with Crippen LogP contribution >= 0.6 is 0 Å². The maximum atomic E-state index is 11.2. The molecule has 2 aliphatic carbocycles. The molecule has 0 aromatic rings. The first-order chi connectivity index (χ1) is 31.5. The molecule has 4 N–H and O–H groups in total. The predicted molar refractivity (Wildman–Crippen MR) is 289 cm³/mol. The zero-order chi connectivity index (χ0) is 51.9. The quantitative estimate of drug-likeness (QED) is 0.0696. The minimum Gasteiger partial charge on any atom is -0.393 e. The number of carbonyl (C=O) groups excluding carboxylic acids is 2. The van der Waals surface area contributed by atoms with Gasteiger partial charge in [-0.25, -0.2) is 0 Å². The normalized spacial score (nSPS) is 24.9. The molecule has 6 heteroatoms. The Morgan fingerprint density at radius 3 is 0.912 bits per heavy atom. The smallest absolute Gasteiger partial charge is 0.155 e. The van der Waals surface area contributed by atoms with Gasteiger partial charge in [-0.1, -0.05) is 172 Å². The summed E-state index contributed by atoms with van der Waals surface area (Å²) in [4.78, 5) is 22.4. The standard InChI is InChI=1S/2C31H42O3/c2*1-23(13-9-10-14-24(2)17-12-18-26(4)27(5)32)15-11-16-25(3)19-20-29-30(6,7)21-28(33)22-31(29,8)34/h2*9-19,28,33-34H,21-22H2,1-8H3/b2*10-9+,15-11+,17-12+,23-13+,24-14+,25-16+,26-18+. The Labute approximate surface area is 411 Å². The second-order valence-electron chi connectivity index (χ2n) is 20.2. The second kappa shape index (κ2) is 28.8. The molecular weight excluding hydrogens is 841 g/mol. The van der Waals surface area contributed by atoms with Crippen molar-refractivity contribution >= 4 is 11.6 Å². The summed E-state index contributed by atoms with van der Waals surface area (Å²) in [5, 5.41) is 41.7. The molecule has 0 aromatic carbocycles. The molecule has 0 aliphatic heterocycles. The molecule has 4 unspecified atom stereocenters. The minimum absolute atomic E-state index is 0.0833. The molecule has 368 valence electrons. The number of hydrogen-bond donors (Lipinski definition) is 4. The maximum Gasteiger partial charge on any atom is 0.155 e. The lowest BCUT2D eigenvalue weighted by Crippen LogP contribution is -2.45. The van der Waals surface area contributed by atoms with E-state index >= 15 is 0 Å². The fourth-order valence-electron chi connectivity index (χ4n) is 7.95. The van der Waals surface area contributed by atoms with Crippen LogP contribution in [0.3, 0.4) is 0 Å². The van der Waals surface area contributed by atoms with Gasteiger partial charge in [-0.15, -0.1) is 11.5 Å². The van der Waals surface area contributed by atoms with Gasteiger partial charge in [0.25, 0.3) is 0 Å². The van der Waals surface area contributed by atoms with E-state index in [9.17, 15) is 30.0 Å². The monoisotopic (exact) mass is 925 g/mol. The van der Waals surface area contributed by atoms with Crippen LogP contribution in [0.4, 0.5) is 0 Å². The summed E-state index contributed by atoms with van der Waals surface area (Å²) in [5.41, 5.74) is 13.6. The highest BCUT2D eigenvalue weighted by atomic mass is 16.3. The number of rotatable bonds is 16. The Bertz CT molecular complexity index is 2150. The van der Waals surface area contributed by atoms with Crippen molar-refractivity contribution in [3.63, 3.8) is 0 Å². The summed E-state index contributed by atoms with van der Waals surface area (Å²) >= 11 is 0. The summed E-state index contributed by atoms with van der Waals surface area (Å²) in [6.45, 7) is 30.6. The lowest BCUT2D eigenvalue weighted by molar-refractivity contribution is -0.114. The second-order valence-corrected chi connectivity index (χ2v) is 20.2. The zero-order valence-corrected chi connectivity index (χ0v) is 44.3. The third-order valence-corrected chi connectivity index (χ3v) is 11.7. The van der Waals surface area contributed by atoms with E-state index in [1.54, 1.807) is 27.7 Å². The Morgan fingerprint density at radius 2 is 0.662 bits per heavy atom. The molecule has 68 heavy (non-hydrogen) atoms. The first-order valence-corrected chi connectivity index (χ1v) is 23.7. The summed E-state index contributed by atoms with van der Waals surface area (Å²) in [6, 6.07) is 0. The van der Waals surface area contributed by atoms with E-state index in [1.165, 1.54) is 0 Å². The van der Waals surface area contributed by atoms with Crippen LogP contribution in [-0.2, 0) is 9.59 Å². The van der Waals surface area contributed by atoms with Gasteiger partial charge in [0.05, 0.1) is 23.4 Å². The van der Waals surface area contributed by atoms with E-state index in [0.717, 1.165) is 55.7 Å². The van der Waals surface area contributed by atoms with Crippen LogP contribution in [0.5, 0.6) is 0 Å². The van der Waals surface area contributed by atoms with Gasteiger partial charge in [-0.2, -0.15) is 0 Å². The molecule has 0 radical (unpaired) electrons. The topological polar surface area (TPSA) is 115 Å². The van der Waals surface area contributed by atoms with Crippen LogP contribution in [0.2, 0.25) is 0 Å². The van der Waals surface area contributed by atoms with E-state index in [1.807, 2.05) is 217 Å². The van der Waals surface area contributed by atoms with Crippen LogP contribution in [-0.4, -0.2) is 55.4 Å². The minimum atomic E-state index is -1.05. The van der Waals surface area contributed by atoms with Crippen LogP contribution in [0.15, 0.2) is 201 Å². The number of Topliss-reactive ketones (excluding diaryl/α,β-unsaturated/α-hetero) is 2. The Morgan fingerprint density at radius 1 is 0.412 bits per heavy atom. The highest BCUT2D eigenvalue weighted by Crippen LogP contribution is 2.46. The molecule has 6 nitrogen and oxygen atoms in total. The summed E-state index contributed by atoms with van der Waals surface area (Å²) in [5.74, 6) is 0.167. The fraction of sp³-hybridized carbons (Fsp3) is 0.419. The number of allylic oxidation sites excluding steroid dienone is 28. The van der Waals surface area contributed by atoms with Crippen molar-refractivity contribution in [1.82, 2.24) is 0 Å². The Balaban J connectivity index is 0.000000680. The third kappa shape index (κ3) is 24.0. The van der Waals surface area contributed by atoms with E-state index < -0.39 is 23.4 Å². The van der Waals surface area contributed by atoms with Crippen molar-refractivity contribution < 1.29 is 30.0 Å².